The van der Waals surface area contributed by atoms with Crippen molar-refractivity contribution < 1.29 is 4.79 Å². The van der Waals surface area contributed by atoms with E-state index in [4.69, 9.17) is 0 Å². The minimum atomic E-state index is -0.0615. The summed E-state index contributed by atoms with van der Waals surface area (Å²) < 4.78 is 0. The summed E-state index contributed by atoms with van der Waals surface area (Å²) in [4.78, 5) is 15.3. The Balaban J connectivity index is 2.95. The number of anilines is 1. The van der Waals surface area contributed by atoms with Crippen molar-refractivity contribution in [1.29, 1.82) is 0 Å². The van der Waals surface area contributed by atoms with Gasteiger partial charge in [-0.3, -0.25) is 4.79 Å². The molecule has 0 unspecified atom stereocenters. The van der Waals surface area contributed by atoms with Crippen molar-refractivity contribution in [3.8, 4) is 0 Å². The molecule has 3 nitrogen and oxygen atoms in total. The second-order valence-electron chi connectivity index (χ2n) is 2.92. The normalized spacial score (nSPS) is 9.93. The van der Waals surface area contributed by atoms with Crippen LogP contribution in [0, 0.1) is 6.92 Å². The zero-order chi connectivity index (χ0) is 10.6. The maximum atomic E-state index is 10.9. The van der Waals surface area contributed by atoms with Gasteiger partial charge in [-0.25, -0.2) is 4.98 Å². The molecule has 0 aromatic carbocycles. The Labute approximate surface area is 88.3 Å². The molecule has 0 aliphatic carbocycles. The topological polar surface area (TPSA) is 42.0 Å². The van der Waals surface area contributed by atoms with Gasteiger partial charge in [0.05, 0.1) is 5.69 Å². The lowest BCUT2D eigenvalue weighted by Crippen LogP contribution is -2.07. The summed E-state index contributed by atoms with van der Waals surface area (Å²) >= 11 is 1.63. The Bertz CT molecular complexity index is 339. The van der Waals surface area contributed by atoms with E-state index in [0.29, 0.717) is 0 Å². The van der Waals surface area contributed by atoms with E-state index in [1.54, 1.807) is 11.8 Å². The summed E-state index contributed by atoms with van der Waals surface area (Å²) in [5.74, 6) is 0.886. The van der Waals surface area contributed by atoms with E-state index in [9.17, 15) is 4.79 Å². The van der Waals surface area contributed by atoms with Gasteiger partial charge in [0, 0.05) is 12.6 Å². The highest BCUT2D eigenvalue weighted by Crippen LogP contribution is 2.24. The van der Waals surface area contributed by atoms with Crippen molar-refractivity contribution in [3.63, 3.8) is 0 Å². The molecule has 76 valence electrons. The van der Waals surface area contributed by atoms with Crippen LogP contribution in [-0.2, 0) is 4.79 Å². The molecule has 1 rings (SSSR count). The van der Waals surface area contributed by atoms with E-state index in [-0.39, 0.29) is 5.91 Å². The highest BCUT2D eigenvalue weighted by Gasteiger charge is 2.05. The average Bonchev–Trinajstić information content (AvgIpc) is 2.09. The quantitative estimate of drug-likeness (QED) is 0.779. The lowest BCUT2D eigenvalue weighted by Gasteiger charge is -2.08. The number of thioether (sulfide) groups is 1. The Morgan fingerprint density at radius 2 is 2.29 bits per heavy atom. The molecule has 1 amide bonds. The van der Waals surface area contributed by atoms with Gasteiger partial charge in [0.1, 0.15) is 5.03 Å². The smallest absolute Gasteiger partial charge is 0.221 e. The zero-order valence-electron chi connectivity index (χ0n) is 8.63. The van der Waals surface area contributed by atoms with Crippen LogP contribution in [-0.4, -0.2) is 16.6 Å². The van der Waals surface area contributed by atoms with E-state index < -0.39 is 0 Å². The number of aryl methyl sites for hydroxylation is 1. The third-order valence-corrected chi connectivity index (χ3v) is 2.46. The van der Waals surface area contributed by atoms with Crippen molar-refractivity contribution in [3.05, 3.63) is 17.8 Å². The summed E-state index contributed by atoms with van der Waals surface area (Å²) in [5.41, 5.74) is 1.77. The number of pyridine rings is 1. The highest BCUT2D eigenvalue weighted by molar-refractivity contribution is 7.99. The largest absolute Gasteiger partial charge is 0.324 e. The number of aromatic nitrogens is 1. The van der Waals surface area contributed by atoms with Crippen molar-refractivity contribution in [2.45, 2.75) is 25.8 Å². The molecule has 14 heavy (non-hydrogen) atoms. The first-order chi connectivity index (χ1) is 6.63. The van der Waals surface area contributed by atoms with E-state index in [1.807, 2.05) is 19.1 Å². The molecule has 0 atom stereocenters. The van der Waals surface area contributed by atoms with Gasteiger partial charge >= 0.3 is 0 Å². The Morgan fingerprint density at radius 1 is 1.57 bits per heavy atom. The maximum absolute atomic E-state index is 10.9. The van der Waals surface area contributed by atoms with Crippen molar-refractivity contribution in [2.75, 3.05) is 11.1 Å². The first-order valence-corrected chi connectivity index (χ1v) is 5.50. The van der Waals surface area contributed by atoms with Crippen LogP contribution < -0.4 is 5.32 Å². The molecule has 0 radical (unpaired) electrons. The molecule has 0 bridgehead atoms. The SMILES string of the molecule is CCSc1nc(C)ccc1NC(C)=O. The Morgan fingerprint density at radius 3 is 2.86 bits per heavy atom. The van der Waals surface area contributed by atoms with Crippen LogP contribution in [0.1, 0.15) is 19.5 Å². The Kier molecular flexibility index (Phi) is 3.95. The third kappa shape index (κ3) is 3.03. The molecule has 1 aromatic rings. The maximum Gasteiger partial charge on any atom is 0.221 e. The van der Waals surface area contributed by atoms with Crippen LogP contribution >= 0.6 is 11.8 Å². The number of amides is 1. The molecule has 0 saturated carbocycles. The molecular formula is C10H14N2OS. The second-order valence-corrected chi connectivity index (χ2v) is 4.17. The summed E-state index contributed by atoms with van der Waals surface area (Å²) in [6.07, 6.45) is 0. The molecular weight excluding hydrogens is 196 g/mol. The number of carbonyl (C=O) groups excluding carboxylic acids is 1. The lowest BCUT2D eigenvalue weighted by atomic mass is 10.3. The van der Waals surface area contributed by atoms with E-state index >= 15 is 0 Å². The standard InChI is InChI=1S/C10H14N2OS/c1-4-14-10-9(12-8(3)13)6-5-7(2)11-10/h5-6H,4H2,1-3H3,(H,12,13). The molecule has 0 aliphatic heterocycles. The zero-order valence-corrected chi connectivity index (χ0v) is 9.44. The van der Waals surface area contributed by atoms with Crippen LogP contribution in [0.5, 0.6) is 0 Å². The minimum Gasteiger partial charge on any atom is -0.324 e. The van der Waals surface area contributed by atoms with Crippen LogP contribution in [0.4, 0.5) is 5.69 Å². The summed E-state index contributed by atoms with van der Waals surface area (Å²) in [6, 6.07) is 3.78. The number of nitrogens with zero attached hydrogens (tertiary/aromatic N) is 1. The van der Waals surface area contributed by atoms with Crippen LogP contribution in [0.25, 0.3) is 0 Å². The van der Waals surface area contributed by atoms with Gasteiger partial charge in [0.25, 0.3) is 0 Å². The first kappa shape index (κ1) is 11.0. The van der Waals surface area contributed by atoms with Crippen molar-refractivity contribution >= 4 is 23.4 Å². The number of nitrogens with one attached hydrogen (secondary N) is 1. The molecule has 4 heteroatoms. The van der Waals surface area contributed by atoms with Crippen LogP contribution in [0.3, 0.4) is 0 Å². The van der Waals surface area contributed by atoms with Gasteiger partial charge in [-0.1, -0.05) is 6.92 Å². The van der Waals surface area contributed by atoms with Gasteiger partial charge < -0.3 is 5.32 Å². The summed E-state index contributed by atoms with van der Waals surface area (Å²) in [7, 11) is 0. The molecule has 0 aliphatic rings. The number of carbonyl (C=O) groups is 1. The highest BCUT2D eigenvalue weighted by atomic mass is 32.2. The lowest BCUT2D eigenvalue weighted by molar-refractivity contribution is -0.114. The van der Waals surface area contributed by atoms with E-state index in [2.05, 4.69) is 17.2 Å². The number of rotatable bonds is 3. The van der Waals surface area contributed by atoms with Crippen molar-refractivity contribution in [1.82, 2.24) is 4.98 Å². The molecule has 0 saturated heterocycles. The van der Waals surface area contributed by atoms with Crippen molar-refractivity contribution in [2.24, 2.45) is 0 Å². The fourth-order valence-electron chi connectivity index (χ4n) is 1.06. The van der Waals surface area contributed by atoms with E-state index in [1.165, 1.54) is 6.92 Å². The fraction of sp³-hybridized carbons (Fsp3) is 0.400. The van der Waals surface area contributed by atoms with E-state index in [0.717, 1.165) is 22.2 Å². The fourth-order valence-corrected chi connectivity index (χ4v) is 1.82. The molecule has 0 fully saturated rings. The second kappa shape index (κ2) is 5.00. The average molecular weight is 210 g/mol. The number of hydrogen-bond acceptors (Lipinski definition) is 3. The predicted molar refractivity (Wildman–Crippen MR) is 59.7 cm³/mol. The van der Waals surface area contributed by atoms with Gasteiger partial charge in [0.15, 0.2) is 0 Å². The molecule has 0 spiro atoms. The Hall–Kier alpha value is -1.03. The van der Waals surface area contributed by atoms with Gasteiger partial charge in [-0.05, 0) is 24.8 Å². The van der Waals surface area contributed by atoms with Crippen LogP contribution in [0.2, 0.25) is 0 Å². The van der Waals surface area contributed by atoms with Gasteiger partial charge in [-0.15, -0.1) is 11.8 Å². The summed E-state index contributed by atoms with van der Waals surface area (Å²) in [6.45, 7) is 5.50. The first-order valence-electron chi connectivity index (χ1n) is 4.51. The predicted octanol–water partition coefficient (Wildman–Crippen LogP) is 2.46. The third-order valence-electron chi connectivity index (χ3n) is 1.59. The molecule has 1 heterocycles. The minimum absolute atomic E-state index is 0.0615. The van der Waals surface area contributed by atoms with Crippen LogP contribution in [0.15, 0.2) is 17.2 Å². The number of hydrogen-bond donors (Lipinski definition) is 1. The molecule has 1 aromatic heterocycles. The monoisotopic (exact) mass is 210 g/mol. The molecule has 1 N–H and O–H groups in total. The summed E-state index contributed by atoms with van der Waals surface area (Å²) in [5, 5.41) is 3.65. The van der Waals surface area contributed by atoms with Gasteiger partial charge in [-0.2, -0.15) is 0 Å². The van der Waals surface area contributed by atoms with Gasteiger partial charge in [0.2, 0.25) is 5.91 Å².